The minimum Gasteiger partial charge on any atom is -0.493 e. The highest BCUT2D eigenvalue weighted by atomic mass is 32.2. The van der Waals surface area contributed by atoms with Gasteiger partial charge in [0.2, 0.25) is 10.0 Å². The fourth-order valence-corrected chi connectivity index (χ4v) is 6.34. The number of carbonyl (C=O) groups excluding carboxylic acids is 2. The molecule has 3 aromatic rings. The predicted octanol–water partition coefficient (Wildman–Crippen LogP) is 1.88. The summed E-state index contributed by atoms with van der Waals surface area (Å²) >= 11 is 0. The minimum absolute atomic E-state index is 0.00892. The smallest absolute Gasteiger partial charge is 0.335 e. The van der Waals surface area contributed by atoms with E-state index < -0.39 is 52.4 Å². The molecule has 3 aromatic carbocycles. The number of hydrogen-bond acceptors (Lipinski definition) is 9. The molecule has 0 unspecified atom stereocenters. The van der Waals surface area contributed by atoms with Gasteiger partial charge in [0.05, 0.1) is 23.6 Å². The van der Waals surface area contributed by atoms with Crippen molar-refractivity contribution in [3.05, 3.63) is 83.2 Å². The molecule has 46 heavy (non-hydrogen) atoms. The van der Waals surface area contributed by atoms with Crippen LogP contribution in [-0.4, -0.2) is 86.1 Å². The van der Waals surface area contributed by atoms with Crippen molar-refractivity contribution >= 4 is 34.3 Å². The van der Waals surface area contributed by atoms with Crippen LogP contribution in [-0.2, 0) is 26.2 Å². The van der Waals surface area contributed by atoms with Gasteiger partial charge in [0.15, 0.2) is 18.1 Å². The molecule has 2 atom stereocenters. The average molecular weight is 660 g/mol. The maximum Gasteiger partial charge on any atom is 0.335 e. The Morgan fingerprint density at radius 3 is 2.50 bits per heavy atom. The summed E-state index contributed by atoms with van der Waals surface area (Å²) in [5.74, 6) is -2.30. The Kier molecular flexibility index (Phi) is 10.8. The minimum atomic E-state index is -4.08. The van der Waals surface area contributed by atoms with Crippen LogP contribution >= 0.6 is 0 Å². The molecule has 0 saturated carbocycles. The number of benzene rings is 3. The number of sulfonamides is 1. The van der Waals surface area contributed by atoms with Gasteiger partial charge in [-0.25, -0.2) is 17.6 Å². The lowest BCUT2D eigenvalue weighted by Gasteiger charge is -2.38. The number of hydrogen-bond donors (Lipinski definition) is 4. The number of fused-ring (bicyclic) bond motifs is 5. The summed E-state index contributed by atoms with van der Waals surface area (Å²) in [7, 11) is -2.67. The van der Waals surface area contributed by atoms with Crippen LogP contribution < -0.4 is 24.8 Å². The molecule has 2 amide bonds. The number of methoxy groups -OCH3 is 1. The Morgan fingerprint density at radius 1 is 1.11 bits per heavy atom. The summed E-state index contributed by atoms with van der Waals surface area (Å²) in [6.07, 6.45) is -0.618. The van der Waals surface area contributed by atoms with Gasteiger partial charge >= 0.3 is 5.97 Å². The first kappa shape index (κ1) is 33.7. The van der Waals surface area contributed by atoms with Gasteiger partial charge in [-0.2, -0.15) is 4.31 Å². The number of carboxylic acid groups (broad SMARTS) is 2. The molecule has 4 bridgehead atoms. The molecular weight excluding hydrogens is 629 g/mol. The number of aromatic carboxylic acids is 1. The first-order valence-electron chi connectivity index (χ1n) is 13.7. The molecule has 14 nitrogen and oxygen atoms in total. The Hall–Kier alpha value is -5.22. The zero-order valence-corrected chi connectivity index (χ0v) is 25.2. The van der Waals surface area contributed by atoms with Gasteiger partial charge in [0.25, 0.3) is 18.3 Å². The first-order valence-corrected chi connectivity index (χ1v) is 15.1. The third-order valence-corrected chi connectivity index (χ3v) is 8.94. The number of nitrogens with zero attached hydrogens (tertiary/aromatic N) is 1. The maximum absolute atomic E-state index is 14.5. The summed E-state index contributed by atoms with van der Waals surface area (Å²) < 4.78 is 59.7. The van der Waals surface area contributed by atoms with Crippen LogP contribution in [0.3, 0.4) is 0 Å². The number of halogens is 1. The van der Waals surface area contributed by atoms with Gasteiger partial charge in [-0.3, -0.25) is 14.4 Å². The molecule has 0 aliphatic carbocycles. The monoisotopic (exact) mass is 659 g/mol. The quantitative estimate of drug-likeness (QED) is 0.298. The molecular formula is C30H30FN3O11S. The van der Waals surface area contributed by atoms with Crippen molar-refractivity contribution in [1.82, 2.24) is 14.9 Å². The summed E-state index contributed by atoms with van der Waals surface area (Å²) in [4.78, 5) is 45.3. The Morgan fingerprint density at radius 2 is 1.83 bits per heavy atom. The second-order valence-corrected chi connectivity index (χ2v) is 12.0. The van der Waals surface area contributed by atoms with E-state index in [4.69, 9.17) is 29.2 Å². The van der Waals surface area contributed by atoms with Gasteiger partial charge in [-0.15, -0.1) is 0 Å². The average Bonchev–Trinajstić information content (AvgIpc) is 3.03. The van der Waals surface area contributed by atoms with E-state index in [0.29, 0.717) is 5.56 Å². The van der Waals surface area contributed by atoms with Gasteiger partial charge < -0.3 is 35.1 Å². The Balaban J connectivity index is 0.00000154. The largest absolute Gasteiger partial charge is 0.493 e. The van der Waals surface area contributed by atoms with E-state index in [1.807, 2.05) is 0 Å². The Labute approximate surface area is 262 Å². The zero-order chi connectivity index (χ0) is 33.4. The van der Waals surface area contributed by atoms with E-state index in [0.717, 1.165) is 0 Å². The van der Waals surface area contributed by atoms with Crippen LogP contribution in [0.15, 0.2) is 65.6 Å². The summed E-state index contributed by atoms with van der Waals surface area (Å²) in [5, 5.41) is 21.5. The normalized spacial score (nSPS) is 18.6. The van der Waals surface area contributed by atoms with Crippen LogP contribution in [0.1, 0.15) is 32.7 Å². The van der Waals surface area contributed by atoms with E-state index in [1.54, 1.807) is 6.07 Å². The highest BCUT2D eigenvalue weighted by molar-refractivity contribution is 7.89. The molecule has 1 saturated heterocycles. The number of piperidine rings is 1. The molecule has 16 heteroatoms. The van der Waals surface area contributed by atoms with Crippen molar-refractivity contribution in [2.24, 2.45) is 0 Å². The highest BCUT2D eigenvalue weighted by Crippen LogP contribution is 2.30. The van der Waals surface area contributed by atoms with E-state index in [1.165, 1.54) is 66.0 Å². The van der Waals surface area contributed by atoms with E-state index in [2.05, 4.69) is 10.6 Å². The van der Waals surface area contributed by atoms with Crippen LogP contribution in [0.5, 0.6) is 17.2 Å². The van der Waals surface area contributed by atoms with Gasteiger partial charge in [0, 0.05) is 37.7 Å². The number of carbonyl (C=O) groups is 4. The molecule has 244 valence electrons. The van der Waals surface area contributed by atoms with Crippen LogP contribution in [0, 0.1) is 5.82 Å². The number of carboxylic acids is 1. The second-order valence-electron chi connectivity index (χ2n) is 10.0. The van der Waals surface area contributed by atoms with Crippen molar-refractivity contribution < 1.29 is 56.4 Å². The van der Waals surface area contributed by atoms with E-state index in [9.17, 15) is 27.2 Å². The van der Waals surface area contributed by atoms with Crippen LogP contribution in [0.4, 0.5) is 4.39 Å². The summed E-state index contributed by atoms with van der Waals surface area (Å²) in [6, 6.07) is 12.3. The van der Waals surface area contributed by atoms with Gasteiger partial charge in [-0.1, -0.05) is 0 Å². The molecule has 5 rings (SSSR count). The van der Waals surface area contributed by atoms with Crippen LogP contribution in [0.25, 0.3) is 0 Å². The fraction of sp³-hybridized carbons (Fsp3) is 0.267. The van der Waals surface area contributed by atoms with Crippen molar-refractivity contribution in [1.29, 1.82) is 0 Å². The number of ether oxygens (including phenoxy) is 3. The lowest BCUT2D eigenvalue weighted by atomic mass is 10.0. The standard InChI is InChI=1S/C29H28FN3O9S.CH2O2/c1-40-25-7-4-19-12-26(25)41-16-27(34)31-14-17-10-20(30)13-21(11-17)42-24-8-9-33(15-23(24)32-28(19)35)43(38,39)22-5-2-18(3-6-22)29(36)37;2-1-3/h2-7,10-13,23-24H,8-9,14-16H2,1H3,(H,31,34)(H,32,35)(H,36,37);1H,(H,2,3)/t23-,24+;/m0./s1. The topological polar surface area (TPSA) is 198 Å². The molecule has 0 spiro atoms. The number of rotatable bonds is 4. The maximum atomic E-state index is 14.5. The van der Waals surface area contributed by atoms with Crippen molar-refractivity contribution in [2.75, 3.05) is 26.8 Å². The molecule has 2 aliphatic heterocycles. The van der Waals surface area contributed by atoms with Gasteiger partial charge in [-0.05, 0) is 60.2 Å². The van der Waals surface area contributed by atoms with E-state index >= 15 is 0 Å². The number of amides is 2. The van der Waals surface area contributed by atoms with Crippen molar-refractivity contribution in [3.8, 4) is 17.2 Å². The van der Waals surface area contributed by atoms with Crippen molar-refractivity contribution in [3.63, 3.8) is 0 Å². The fourth-order valence-electron chi connectivity index (χ4n) is 4.86. The molecule has 1 fully saturated rings. The second kappa shape index (κ2) is 14.7. The van der Waals surface area contributed by atoms with Crippen molar-refractivity contribution in [2.45, 2.75) is 30.0 Å². The molecule has 2 heterocycles. The first-order chi connectivity index (χ1) is 21.9. The SMILES string of the molecule is COc1ccc2cc1OCC(=O)NCc1cc(F)cc(c1)O[C@@H]1CCN(S(=O)(=O)c3ccc(C(=O)O)cc3)C[C@@H]1NC2=O.O=CO. The highest BCUT2D eigenvalue weighted by Gasteiger charge is 2.38. The molecule has 0 aromatic heterocycles. The number of nitrogens with one attached hydrogen (secondary N) is 2. The lowest BCUT2D eigenvalue weighted by molar-refractivity contribution is -0.123. The van der Waals surface area contributed by atoms with E-state index in [-0.39, 0.29) is 65.8 Å². The predicted molar refractivity (Wildman–Crippen MR) is 158 cm³/mol. The van der Waals surface area contributed by atoms with Gasteiger partial charge in [0.1, 0.15) is 17.7 Å². The Bertz CT molecular complexity index is 1720. The third kappa shape index (κ3) is 8.08. The zero-order valence-electron chi connectivity index (χ0n) is 24.3. The molecule has 2 aliphatic rings. The summed E-state index contributed by atoms with van der Waals surface area (Å²) in [5.41, 5.74) is 0.507. The third-order valence-electron chi connectivity index (χ3n) is 7.06. The lowest BCUT2D eigenvalue weighted by Crippen LogP contribution is -2.58. The summed E-state index contributed by atoms with van der Waals surface area (Å²) in [6.45, 7) is -0.827. The molecule has 4 N–H and O–H groups in total. The molecule has 0 radical (unpaired) electrons. The van der Waals surface area contributed by atoms with Crippen LogP contribution in [0.2, 0.25) is 0 Å².